The molecule has 0 bridgehead atoms. The molecule has 0 saturated heterocycles. The number of amides is 2. The topological polar surface area (TPSA) is 77.5 Å². The maximum Gasteiger partial charge on any atom is 0.261 e. The number of hydrogen-bond donors (Lipinski definition) is 0. The molecular formula is C24H30N2O6. The number of likely N-dealkylation sites (N-methyl/N-ethyl adjacent to an activating group) is 1. The van der Waals surface area contributed by atoms with Gasteiger partial charge in [-0.25, -0.2) is 0 Å². The Kier molecular flexibility index (Phi) is 7.58. The van der Waals surface area contributed by atoms with E-state index in [9.17, 15) is 9.59 Å². The largest absolute Gasteiger partial charge is 0.493 e. The Morgan fingerprint density at radius 2 is 1.28 bits per heavy atom. The second-order valence-corrected chi connectivity index (χ2v) is 7.61. The molecule has 0 radical (unpaired) electrons. The molecule has 0 atom stereocenters. The molecule has 1 aliphatic heterocycles. The molecule has 8 nitrogen and oxygen atoms in total. The zero-order chi connectivity index (χ0) is 23.3. The number of benzene rings is 2. The molecular weight excluding hydrogens is 412 g/mol. The molecule has 0 aliphatic carbocycles. The van der Waals surface area contributed by atoms with E-state index in [1.807, 2.05) is 25.2 Å². The Hall–Kier alpha value is -3.26. The first-order valence-electron chi connectivity index (χ1n) is 10.4. The maximum atomic E-state index is 12.7. The normalized spacial score (nSPS) is 12.9. The highest BCUT2D eigenvalue weighted by molar-refractivity contribution is 6.21. The Labute approximate surface area is 188 Å². The van der Waals surface area contributed by atoms with Gasteiger partial charge in [-0.2, -0.15) is 0 Å². The van der Waals surface area contributed by atoms with E-state index < -0.39 is 0 Å². The van der Waals surface area contributed by atoms with Gasteiger partial charge in [-0.3, -0.25) is 14.5 Å². The van der Waals surface area contributed by atoms with Gasteiger partial charge in [-0.05, 0) is 56.3 Å². The molecule has 2 aromatic carbocycles. The second-order valence-electron chi connectivity index (χ2n) is 7.61. The zero-order valence-corrected chi connectivity index (χ0v) is 19.3. The monoisotopic (exact) mass is 442 g/mol. The van der Waals surface area contributed by atoms with Gasteiger partial charge in [0.15, 0.2) is 23.0 Å². The lowest BCUT2D eigenvalue weighted by Gasteiger charge is -2.19. The van der Waals surface area contributed by atoms with Crippen LogP contribution in [0.1, 0.15) is 32.7 Å². The van der Waals surface area contributed by atoms with Crippen molar-refractivity contribution in [2.75, 3.05) is 55.1 Å². The van der Waals surface area contributed by atoms with Crippen LogP contribution in [0.3, 0.4) is 0 Å². The zero-order valence-electron chi connectivity index (χ0n) is 19.3. The molecule has 2 aromatic rings. The molecule has 0 saturated carbocycles. The van der Waals surface area contributed by atoms with Gasteiger partial charge in [-0.15, -0.1) is 0 Å². The van der Waals surface area contributed by atoms with E-state index in [0.717, 1.165) is 25.1 Å². The first-order valence-corrected chi connectivity index (χ1v) is 10.4. The molecule has 0 unspecified atom stereocenters. The number of methoxy groups -OCH3 is 4. The Morgan fingerprint density at radius 1 is 0.750 bits per heavy atom. The molecule has 3 rings (SSSR count). The van der Waals surface area contributed by atoms with Crippen molar-refractivity contribution in [1.82, 2.24) is 9.80 Å². The lowest BCUT2D eigenvalue weighted by molar-refractivity contribution is 0.0648. The highest BCUT2D eigenvalue weighted by Crippen LogP contribution is 2.35. The highest BCUT2D eigenvalue weighted by atomic mass is 16.5. The van der Waals surface area contributed by atoms with Crippen molar-refractivity contribution in [1.29, 1.82) is 0 Å². The fourth-order valence-corrected chi connectivity index (χ4v) is 3.79. The van der Waals surface area contributed by atoms with E-state index in [4.69, 9.17) is 18.9 Å². The minimum Gasteiger partial charge on any atom is -0.493 e. The molecule has 1 aliphatic rings. The van der Waals surface area contributed by atoms with Crippen molar-refractivity contribution in [2.24, 2.45) is 0 Å². The summed E-state index contributed by atoms with van der Waals surface area (Å²) in [5, 5.41) is 0. The van der Waals surface area contributed by atoms with Gasteiger partial charge in [0.05, 0.1) is 39.6 Å². The molecule has 32 heavy (non-hydrogen) atoms. The number of carbonyl (C=O) groups is 2. The molecule has 0 N–H and O–H groups in total. The number of hydrogen-bond acceptors (Lipinski definition) is 7. The predicted octanol–water partition coefficient (Wildman–Crippen LogP) is 2.88. The standard InChI is InChI=1S/C24H30N2O6/c1-25(12-9-16-7-8-19(29-2)20(13-16)30-3)10-6-11-26-23(27)17-14-21(31-4)22(32-5)15-18(17)24(26)28/h7-8,13-15H,6,9-12H2,1-5H3. The van der Waals surface area contributed by atoms with Crippen LogP contribution in [0.25, 0.3) is 0 Å². The maximum absolute atomic E-state index is 12.7. The van der Waals surface area contributed by atoms with Crippen LogP contribution >= 0.6 is 0 Å². The van der Waals surface area contributed by atoms with Crippen molar-refractivity contribution in [3.63, 3.8) is 0 Å². The third-order valence-corrected chi connectivity index (χ3v) is 5.63. The summed E-state index contributed by atoms with van der Waals surface area (Å²) in [6.45, 7) is 1.96. The van der Waals surface area contributed by atoms with E-state index >= 15 is 0 Å². The molecule has 0 aromatic heterocycles. The van der Waals surface area contributed by atoms with E-state index in [1.165, 1.54) is 19.1 Å². The number of carbonyl (C=O) groups excluding carboxylic acids is 2. The number of ether oxygens (including phenoxy) is 4. The van der Waals surface area contributed by atoms with E-state index in [-0.39, 0.29) is 11.8 Å². The molecule has 2 amide bonds. The van der Waals surface area contributed by atoms with Crippen LogP contribution in [0, 0.1) is 0 Å². The van der Waals surface area contributed by atoms with Gasteiger partial charge >= 0.3 is 0 Å². The summed E-state index contributed by atoms with van der Waals surface area (Å²) in [5.41, 5.74) is 1.86. The smallest absolute Gasteiger partial charge is 0.261 e. The lowest BCUT2D eigenvalue weighted by atomic mass is 10.1. The fourth-order valence-electron chi connectivity index (χ4n) is 3.79. The number of imide groups is 1. The van der Waals surface area contributed by atoms with Crippen molar-refractivity contribution in [2.45, 2.75) is 12.8 Å². The van der Waals surface area contributed by atoms with Crippen LogP contribution < -0.4 is 18.9 Å². The number of nitrogens with zero attached hydrogens (tertiary/aromatic N) is 2. The summed E-state index contributed by atoms with van der Waals surface area (Å²) in [4.78, 5) is 29.0. The fraction of sp³-hybridized carbons (Fsp3) is 0.417. The lowest BCUT2D eigenvalue weighted by Crippen LogP contribution is -2.33. The third-order valence-electron chi connectivity index (χ3n) is 5.63. The van der Waals surface area contributed by atoms with Crippen molar-refractivity contribution in [3.8, 4) is 23.0 Å². The van der Waals surface area contributed by atoms with E-state index in [0.29, 0.717) is 47.1 Å². The van der Waals surface area contributed by atoms with Gasteiger partial charge in [0.1, 0.15) is 0 Å². The van der Waals surface area contributed by atoms with Crippen LogP contribution in [-0.2, 0) is 6.42 Å². The Balaban J connectivity index is 1.53. The van der Waals surface area contributed by atoms with Crippen LogP contribution in [0.4, 0.5) is 0 Å². The molecule has 8 heteroatoms. The minimum absolute atomic E-state index is 0.293. The molecule has 0 spiro atoms. The van der Waals surface area contributed by atoms with Crippen LogP contribution in [0.15, 0.2) is 30.3 Å². The number of rotatable bonds is 11. The summed E-state index contributed by atoms with van der Waals surface area (Å²) in [6.07, 6.45) is 1.53. The second kappa shape index (κ2) is 10.4. The van der Waals surface area contributed by atoms with Crippen molar-refractivity contribution < 1.29 is 28.5 Å². The molecule has 0 fully saturated rings. The van der Waals surface area contributed by atoms with Gasteiger partial charge in [0.2, 0.25) is 0 Å². The Bertz CT molecular complexity index is 948. The molecule has 1 heterocycles. The first-order chi connectivity index (χ1) is 15.4. The van der Waals surface area contributed by atoms with Crippen LogP contribution in [0.2, 0.25) is 0 Å². The van der Waals surface area contributed by atoms with Gasteiger partial charge < -0.3 is 23.8 Å². The SMILES string of the molecule is COc1ccc(CCN(C)CCCN2C(=O)c3cc(OC)c(OC)cc3C2=O)cc1OC. The average molecular weight is 443 g/mol. The Morgan fingerprint density at radius 3 is 1.81 bits per heavy atom. The van der Waals surface area contributed by atoms with Gasteiger partial charge in [0.25, 0.3) is 11.8 Å². The minimum atomic E-state index is -0.293. The molecule has 172 valence electrons. The van der Waals surface area contributed by atoms with E-state index in [2.05, 4.69) is 4.90 Å². The summed E-state index contributed by atoms with van der Waals surface area (Å²) in [6, 6.07) is 9.05. The first kappa shape index (κ1) is 23.4. The predicted molar refractivity (Wildman–Crippen MR) is 120 cm³/mol. The van der Waals surface area contributed by atoms with Gasteiger partial charge in [0, 0.05) is 13.1 Å². The van der Waals surface area contributed by atoms with Crippen LogP contribution in [-0.4, -0.2) is 76.7 Å². The summed E-state index contributed by atoms with van der Waals surface area (Å²) >= 11 is 0. The number of fused-ring (bicyclic) bond motifs is 1. The van der Waals surface area contributed by atoms with Crippen LogP contribution in [0.5, 0.6) is 23.0 Å². The van der Waals surface area contributed by atoms with Crippen molar-refractivity contribution >= 4 is 11.8 Å². The van der Waals surface area contributed by atoms with E-state index in [1.54, 1.807) is 26.4 Å². The highest BCUT2D eigenvalue weighted by Gasteiger charge is 2.36. The summed E-state index contributed by atoms with van der Waals surface area (Å²) in [7, 11) is 8.27. The van der Waals surface area contributed by atoms with Gasteiger partial charge in [-0.1, -0.05) is 6.07 Å². The summed E-state index contributed by atoms with van der Waals surface area (Å²) in [5.74, 6) is 1.71. The average Bonchev–Trinajstić information content (AvgIpc) is 3.05. The van der Waals surface area contributed by atoms with Crippen molar-refractivity contribution in [3.05, 3.63) is 47.0 Å². The summed E-state index contributed by atoms with van der Waals surface area (Å²) < 4.78 is 21.1. The quantitative estimate of drug-likeness (QED) is 0.495. The third kappa shape index (κ3) is 4.80.